The molecule has 0 fully saturated rings. The molecule has 1 aromatic heterocycles. The van der Waals surface area contributed by atoms with Crippen LogP contribution in [-0.2, 0) is 0 Å². The molecule has 0 saturated carbocycles. The first-order valence-electron chi connectivity index (χ1n) is 5.65. The van der Waals surface area contributed by atoms with E-state index in [9.17, 15) is 10.1 Å². The molecule has 2 aromatic rings. The van der Waals surface area contributed by atoms with Crippen molar-refractivity contribution in [1.82, 2.24) is 4.98 Å². The highest BCUT2D eigenvalue weighted by Gasteiger charge is 2.16. The number of nitriles is 1. The quantitative estimate of drug-likeness (QED) is 0.677. The molecule has 0 aliphatic rings. The maximum absolute atomic E-state index is 10.7. The summed E-state index contributed by atoms with van der Waals surface area (Å²) in [6.45, 7) is 0. The molecule has 100 valence electrons. The van der Waals surface area contributed by atoms with E-state index >= 15 is 0 Å². The highest BCUT2D eigenvalue weighted by molar-refractivity contribution is 5.48. The van der Waals surface area contributed by atoms with Gasteiger partial charge in [0.1, 0.15) is 11.8 Å². The van der Waals surface area contributed by atoms with Crippen LogP contribution in [0, 0.1) is 21.4 Å². The smallest absolute Gasteiger partial charge is 0.305 e. The fraction of sp³-hybridized carbons (Fsp3) is 0.0769. The van der Waals surface area contributed by atoms with E-state index in [1.165, 1.54) is 12.1 Å². The third-order valence-electron chi connectivity index (χ3n) is 2.52. The standard InChI is InChI=1S/C13H10N4O3/c1-15-9-2-4-10(5-3-9)20-13-7-6-12(17(18)19)11(8-14)16-13/h2-7,15H,1H3. The topological polar surface area (TPSA) is 101 Å². The summed E-state index contributed by atoms with van der Waals surface area (Å²) in [7, 11) is 1.80. The number of benzene rings is 1. The van der Waals surface area contributed by atoms with Gasteiger partial charge in [-0.3, -0.25) is 10.1 Å². The van der Waals surface area contributed by atoms with Gasteiger partial charge in [0.05, 0.1) is 4.92 Å². The Hall–Kier alpha value is -3.14. The van der Waals surface area contributed by atoms with Crippen LogP contribution in [0.4, 0.5) is 11.4 Å². The van der Waals surface area contributed by atoms with Gasteiger partial charge in [-0.15, -0.1) is 0 Å². The molecule has 7 nitrogen and oxygen atoms in total. The van der Waals surface area contributed by atoms with E-state index < -0.39 is 4.92 Å². The van der Waals surface area contributed by atoms with Crippen molar-refractivity contribution in [1.29, 1.82) is 5.26 Å². The van der Waals surface area contributed by atoms with Crippen LogP contribution in [0.5, 0.6) is 11.6 Å². The second kappa shape index (κ2) is 5.67. The lowest BCUT2D eigenvalue weighted by Gasteiger charge is -2.06. The normalized spacial score (nSPS) is 9.60. The lowest BCUT2D eigenvalue weighted by atomic mass is 10.3. The predicted octanol–water partition coefficient (Wildman–Crippen LogP) is 2.70. The van der Waals surface area contributed by atoms with Gasteiger partial charge in [0.15, 0.2) is 0 Å². The van der Waals surface area contributed by atoms with Crippen molar-refractivity contribution < 1.29 is 9.66 Å². The number of hydrogen-bond donors (Lipinski definition) is 1. The average molecular weight is 270 g/mol. The number of ether oxygens (including phenoxy) is 1. The van der Waals surface area contributed by atoms with Crippen LogP contribution >= 0.6 is 0 Å². The largest absolute Gasteiger partial charge is 0.439 e. The number of aromatic nitrogens is 1. The Balaban J connectivity index is 2.25. The van der Waals surface area contributed by atoms with Crippen LogP contribution in [-0.4, -0.2) is 17.0 Å². The van der Waals surface area contributed by atoms with Crippen molar-refractivity contribution in [3.05, 3.63) is 52.2 Å². The third-order valence-corrected chi connectivity index (χ3v) is 2.52. The molecule has 0 saturated heterocycles. The molecule has 0 radical (unpaired) electrons. The third kappa shape index (κ3) is 2.81. The molecule has 0 bridgehead atoms. The fourth-order valence-corrected chi connectivity index (χ4v) is 1.53. The van der Waals surface area contributed by atoms with Crippen LogP contribution < -0.4 is 10.1 Å². The maximum Gasteiger partial charge on any atom is 0.305 e. The van der Waals surface area contributed by atoms with Crippen LogP contribution in [0.3, 0.4) is 0 Å². The van der Waals surface area contributed by atoms with Crippen LogP contribution in [0.25, 0.3) is 0 Å². The summed E-state index contributed by atoms with van der Waals surface area (Å²) in [5.74, 6) is 0.651. The second-order valence-electron chi connectivity index (χ2n) is 3.76. The van der Waals surface area contributed by atoms with Crippen molar-refractivity contribution in [2.45, 2.75) is 0 Å². The second-order valence-corrected chi connectivity index (χ2v) is 3.76. The van der Waals surface area contributed by atoms with E-state index in [0.717, 1.165) is 5.69 Å². The molecule has 0 unspecified atom stereocenters. The van der Waals surface area contributed by atoms with Gasteiger partial charge in [-0.2, -0.15) is 10.2 Å². The van der Waals surface area contributed by atoms with Crippen molar-refractivity contribution in [3.8, 4) is 17.7 Å². The van der Waals surface area contributed by atoms with E-state index in [0.29, 0.717) is 5.75 Å². The molecule has 2 rings (SSSR count). The first-order valence-corrected chi connectivity index (χ1v) is 5.65. The van der Waals surface area contributed by atoms with Gasteiger partial charge in [-0.25, -0.2) is 0 Å². The lowest BCUT2D eigenvalue weighted by Crippen LogP contribution is -1.97. The van der Waals surface area contributed by atoms with Gasteiger partial charge < -0.3 is 10.1 Å². The summed E-state index contributed by atoms with van der Waals surface area (Å²) >= 11 is 0. The van der Waals surface area contributed by atoms with E-state index in [1.807, 2.05) is 12.1 Å². The number of nitrogens with one attached hydrogen (secondary N) is 1. The Morgan fingerprint density at radius 3 is 2.55 bits per heavy atom. The Morgan fingerprint density at radius 1 is 1.30 bits per heavy atom. The minimum atomic E-state index is -0.656. The first kappa shape index (κ1) is 13.3. The zero-order valence-electron chi connectivity index (χ0n) is 10.5. The summed E-state index contributed by atoms with van der Waals surface area (Å²) < 4.78 is 5.44. The zero-order valence-corrected chi connectivity index (χ0v) is 10.5. The van der Waals surface area contributed by atoms with Gasteiger partial charge >= 0.3 is 5.69 Å². The monoisotopic (exact) mass is 270 g/mol. The van der Waals surface area contributed by atoms with Crippen molar-refractivity contribution in [3.63, 3.8) is 0 Å². The Labute approximate surface area is 114 Å². The number of nitro groups is 1. The van der Waals surface area contributed by atoms with Crippen molar-refractivity contribution in [2.24, 2.45) is 0 Å². The number of nitrogens with zero attached hydrogens (tertiary/aromatic N) is 3. The molecule has 20 heavy (non-hydrogen) atoms. The molecule has 0 aliphatic heterocycles. The number of hydrogen-bond acceptors (Lipinski definition) is 6. The number of rotatable bonds is 4. The van der Waals surface area contributed by atoms with Crippen molar-refractivity contribution in [2.75, 3.05) is 12.4 Å². The molecule has 0 amide bonds. The molecule has 0 spiro atoms. The lowest BCUT2D eigenvalue weighted by molar-refractivity contribution is -0.385. The van der Waals surface area contributed by atoms with Gasteiger partial charge in [-0.1, -0.05) is 0 Å². The summed E-state index contributed by atoms with van der Waals surface area (Å²) in [5, 5.41) is 22.5. The molecule has 1 aromatic carbocycles. The number of pyridine rings is 1. The molecule has 0 atom stereocenters. The zero-order chi connectivity index (χ0) is 14.5. The Kier molecular flexibility index (Phi) is 3.77. The van der Waals surface area contributed by atoms with Gasteiger partial charge in [0.25, 0.3) is 0 Å². The summed E-state index contributed by atoms with van der Waals surface area (Å²) in [4.78, 5) is 13.8. The SMILES string of the molecule is CNc1ccc(Oc2ccc([N+](=O)[O-])c(C#N)n2)cc1. The van der Waals surface area contributed by atoms with Gasteiger partial charge in [-0.05, 0) is 24.3 Å². The Morgan fingerprint density at radius 2 is 2.00 bits per heavy atom. The fourth-order valence-electron chi connectivity index (χ4n) is 1.53. The van der Waals surface area contributed by atoms with E-state index in [2.05, 4.69) is 10.3 Å². The molecule has 1 N–H and O–H groups in total. The molecular weight excluding hydrogens is 260 g/mol. The minimum absolute atomic E-state index is 0.129. The first-order chi connectivity index (χ1) is 9.63. The molecule has 0 aliphatic carbocycles. The van der Waals surface area contributed by atoms with E-state index in [1.54, 1.807) is 25.2 Å². The molecule has 1 heterocycles. The summed E-state index contributed by atoms with van der Waals surface area (Å²) in [6, 6.07) is 11.3. The summed E-state index contributed by atoms with van der Waals surface area (Å²) in [5.41, 5.74) is 0.302. The van der Waals surface area contributed by atoms with Crippen LogP contribution in [0.2, 0.25) is 0 Å². The van der Waals surface area contributed by atoms with E-state index in [4.69, 9.17) is 10.00 Å². The predicted molar refractivity (Wildman–Crippen MR) is 71.7 cm³/mol. The molecule has 7 heteroatoms. The average Bonchev–Trinajstić information content (AvgIpc) is 2.47. The summed E-state index contributed by atoms with van der Waals surface area (Å²) in [6.07, 6.45) is 0. The molecular formula is C13H10N4O3. The minimum Gasteiger partial charge on any atom is -0.439 e. The highest BCUT2D eigenvalue weighted by atomic mass is 16.6. The van der Waals surface area contributed by atoms with Gasteiger partial charge in [0, 0.05) is 24.9 Å². The van der Waals surface area contributed by atoms with Crippen molar-refractivity contribution >= 4 is 11.4 Å². The number of anilines is 1. The van der Waals surface area contributed by atoms with Gasteiger partial charge in [0.2, 0.25) is 11.6 Å². The van der Waals surface area contributed by atoms with Crippen LogP contribution in [0.15, 0.2) is 36.4 Å². The highest BCUT2D eigenvalue weighted by Crippen LogP contribution is 2.24. The maximum atomic E-state index is 10.7. The van der Waals surface area contributed by atoms with E-state index in [-0.39, 0.29) is 17.3 Å². The van der Waals surface area contributed by atoms with Crippen LogP contribution in [0.1, 0.15) is 5.69 Å². The Bertz CT molecular complexity index is 677.